The molecule has 1 aromatic rings. The molecule has 0 aliphatic heterocycles. The molecule has 2 N–H and O–H groups in total. The van der Waals surface area contributed by atoms with E-state index >= 15 is 0 Å². The molecule has 0 aliphatic carbocycles. The quantitative estimate of drug-likeness (QED) is 0.251. The molecule has 80 valence electrons. The van der Waals surface area contributed by atoms with Crippen LogP contribution in [0.5, 0.6) is 0 Å². The summed E-state index contributed by atoms with van der Waals surface area (Å²) in [5.74, 6) is -2.33. The van der Waals surface area contributed by atoms with E-state index < -0.39 is 17.7 Å². The standard InChI is InChI=1S/C7H7N3O4S.Na/c1-3(11)14-10-5(6(12)13)4-2-15-7(8)9-4;/h2H,1H3,(H2,8,9)(H,12,13);/q;+1/p-1. The summed E-state index contributed by atoms with van der Waals surface area (Å²) >= 11 is 1.04. The number of anilines is 1. The maximum Gasteiger partial charge on any atom is 1.00 e. The molecule has 0 aromatic carbocycles. The molecule has 0 aliphatic rings. The molecular formula is C7H6N3NaO4S. The molecule has 1 heterocycles. The summed E-state index contributed by atoms with van der Waals surface area (Å²) in [6, 6.07) is 0. The summed E-state index contributed by atoms with van der Waals surface area (Å²) < 4.78 is 0. The van der Waals surface area contributed by atoms with Crippen LogP contribution in [0.3, 0.4) is 0 Å². The fraction of sp³-hybridized carbons (Fsp3) is 0.143. The van der Waals surface area contributed by atoms with Gasteiger partial charge in [-0.1, -0.05) is 5.16 Å². The Hall–Kier alpha value is -0.960. The zero-order chi connectivity index (χ0) is 11.4. The molecule has 0 radical (unpaired) electrons. The number of rotatable bonds is 3. The van der Waals surface area contributed by atoms with E-state index in [0.717, 1.165) is 18.3 Å². The summed E-state index contributed by atoms with van der Waals surface area (Å²) in [7, 11) is 0. The number of aromatic nitrogens is 1. The van der Waals surface area contributed by atoms with E-state index in [1.807, 2.05) is 0 Å². The first kappa shape index (κ1) is 15.0. The van der Waals surface area contributed by atoms with Crippen molar-refractivity contribution in [2.45, 2.75) is 6.92 Å². The van der Waals surface area contributed by atoms with Crippen molar-refractivity contribution in [1.29, 1.82) is 0 Å². The van der Waals surface area contributed by atoms with E-state index in [9.17, 15) is 14.7 Å². The number of oxime groups is 1. The van der Waals surface area contributed by atoms with E-state index in [1.165, 1.54) is 5.38 Å². The van der Waals surface area contributed by atoms with Gasteiger partial charge in [-0.05, 0) is 0 Å². The van der Waals surface area contributed by atoms with Crippen molar-refractivity contribution in [1.82, 2.24) is 4.98 Å². The Balaban J connectivity index is 0.00000225. The third-order valence-corrected chi connectivity index (χ3v) is 1.90. The zero-order valence-electron chi connectivity index (χ0n) is 8.59. The Morgan fingerprint density at radius 1 is 1.62 bits per heavy atom. The van der Waals surface area contributed by atoms with Gasteiger partial charge in [0.2, 0.25) is 0 Å². The molecule has 0 spiro atoms. The van der Waals surface area contributed by atoms with Gasteiger partial charge >= 0.3 is 35.5 Å². The van der Waals surface area contributed by atoms with Crippen LogP contribution in [0.15, 0.2) is 10.5 Å². The van der Waals surface area contributed by atoms with Crippen molar-refractivity contribution < 1.29 is 49.1 Å². The molecule has 0 fully saturated rings. The van der Waals surface area contributed by atoms with Crippen LogP contribution in [0.25, 0.3) is 0 Å². The molecule has 0 amide bonds. The van der Waals surface area contributed by atoms with Crippen LogP contribution in [0, 0.1) is 0 Å². The largest absolute Gasteiger partial charge is 1.00 e. The maximum absolute atomic E-state index is 10.6. The molecule has 1 rings (SSSR count). The molecule has 0 atom stereocenters. The van der Waals surface area contributed by atoms with Crippen molar-refractivity contribution in [3.05, 3.63) is 11.1 Å². The number of carboxylic acid groups (broad SMARTS) is 1. The number of nitrogens with zero attached hydrogens (tertiary/aromatic N) is 2. The molecule has 7 nitrogen and oxygen atoms in total. The van der Waals surface area contributed by atoms with Crippen LogP contribution >= 0.6 is 11.3 Å². The molecule has 9 heteroatoms. The van der Waals surface area contributed by atoms with Crippen molar-refractivity contribution in [2.24, 2.45) is 5.16 Å². The number of aliphatic carboxylic acids is 1. The smallest absolute Gasteiger partial charge is 0.543 e. The van der Waals surface area contributed by atoms with Gasteiger partial charge in [-0.15, -0.1) is 11.3 Å². The van der Waals surface area contributed by atoms with Gasteiger partial charge in [-0.2, -0.15) is 0 Å². The maximum atomic E-state index is 10.6. The molecular weight excluding hydrogens is 245 g/mol. The Kier molecular flexibility index (Phi) is 6.19. The number of carbonyl (C=O) groups excluding carboxylic acids is 2. The van der Waals surface area contributed by atoms with Crippen LogP contribution in [0.2, 0.25) is 0 Å². The number of nitrogens with two attached hydrogens (primary N) is 1. The van der Waals surface area contributed by atoms with E-state index in [-0.39, 0.29) is 40.4 Å². The van der Waals surface area contributed by atoms with E-state index in [0.29, 0.717) is 0 Å². The third-order valence-electron chi connectivity index (χ3n) is 1.22. The van der Waals surface area contributed by atoms with Gasteiger partial charge in [-0.3, -0.25) is 0 Å². The van der Waals surface area contributed by atoms with Crippen LogP contribution in [-0.2, 0) is 14.4 Å². The fourth-order valence-corrected chi connectivity index (χ4v) is 1.24. The molecule has 0 bridgehead atoms. The number of hydrogen-bond donors (Lipinski definition) is 1. The Bertz CT molecular complexity index is 431. The summed E-state index contributed by atoms with van der Waals surface area (Å²) in [6.45, 7) is 1.09. The third kappa shape index (κ3) is 4.27. The SMILES string of the molecule is CC(=O)ON=C(C(=O)[O-])c1csc(N)n1.[Na+]. The van der Waals surface area contributed by atoms with Crippen LogP contribution in [0.4, 0.5) is 5.13 Å². The predicted molar refractivity (Wildman–Crippen MR) is 49.8 cm³/mol. The van der Waals surface area contributed by atoms with E-state index in [4.69, 9.17) is 5.73 Å². The van der Waals surface area contributed by atoms with E-state index in [1.54, 1.807) is 0 Å². The fourth-order valence-electron chi connectivity index (χ4n) is 0.695. The molecule has 16 heavy (non-hydrogen) atoms. The Morgan fingerprint density at radius 3 is 2.62 bits per heavy atom. The first-order valence-electron chi connectivity index (χ1n) is 3.69. The summed E-state index contributed by atoms with van der Waals surface area (Å²) in [5, 5.41) is 15.3. The van der Waals surface area contributed by atoms with Gasteiger partial charge in [0.25, 0.3) is 0 Å². The summed E-state index contributed by atoms with van der Waals surface area (Å²) in [4.78, 5) is 28.9. The molecule has 0 unspecified atom stereocenters. The number of thiazole rings is 1. The van der Waals surface area contributed by atoms with Crippen LogP contribution < -0.4 is 40.4 Å². The topological polar surface area (TPSA) is 118 Å². The van der Waals surface area contributed by atoms with Crippen LogP contribution in [-0.4, -0.2) is 22.6 Å². The van der Waals surface area contributed by atoms with Crippen molar-refractivity contribution in [2.75, 3.05) is 5.73 Å². The van der Waals surface area contributed by atoms with Gasteiger partial charge in [-0.25, -0.2) is 9.78 Å². The first-order chi connectivity index (χ1) is 7.00. The first-order valence-corrected chi connectivity index (χ1v) is 4.57. The summed E-state index contributed by atoms with van der Waals surface area (Å²) in [6.07, 6.45) is 0. The molecule has 0 saturated heterocycles. The summed E-state index contributed by atoms with van der Waals surface area (Å²) in [5.41, 5.74) is 4.73. The second-order valence-corrected chi connectivity index (χ2v) is 3.27. The van der Waals surface area contributed by atoms with Gasteiger partial charge in [0.05, 0.1) is 5.97 Å². The van der Waals surface area contributed by atoms with Gasteiger partial charge in [0.15, 0.2) is 10.8 Å². The van der Waals surface area contributed by atoms with Crippen LogP contribution in [0.1, 0.15) is 12.6 Å². The second-order valence-electron chi connectivity index (χ2n) is 2.38. The monoisotopic (exact) mass is 251 g/mol. The Morgan fingerprint density at radius 2 is 2.25 bits per heavy atom. The minimum Gasteiger partial charge on any atom is -0.543 e. The van der Waals surface area contributed by atoms with Gasteiger partial charge < -0.3 is 20.5 Å². The second kappa shape index (κ2) is 6.59. The molecule has 1 aromatic heterocycles. The van der Waals surface area contributed by atoms with Gasteiger partial charge in [0.1, 0.15) is 5.69 Å². The minimum absolute atomic E-state index is 0. The van der Waals surface area contributed by atoms with Gasteiger partial charge in [0, 0.05) is 12.3 Å². The average Bonchev–Trinajstić information content (AvgIpc) is 2.51. The normalized spacial score (nSPS) is 10.4. The number of nitrogen functional groups attached to an aromatic ring is 1. The number of carbonyl (C=O) groups is 2. The molecule has 0 saturated carbocycles. The average molecular weight is 251 g/mol. The Labute approximate surface area is 117 Å². The minimum atomic E-state index is -1.60. The predicted octanol–water partition coefficient (Wildman–Crippen LogP) is -4.25. The van der Waals surface area contributed by atoms with Crippen molar-refractivity contribution in [3.63, 3.8) is 0 Å². The number of carboxylic acids is 1. The zero-order valence-corrected chi connectivity index (χ0v) is 11.4. The van der Waals surface area contributed by atoms with Crippen molar-refractivity contribution in [3.8, 4) is 0 Å². The van der Waals surface area contributed by atoms with Crippen molar-refractivity contribution >= 4 is 34.1 Å². The van der Waals surface area contributed by atoms with E-state index in [2.05, 4.69) is 15.0 Å². The number of hydrogen-bond acceptors (Lipinski definition) is 8.